The molecular weight excluding hydrogens is 465 g/mol. The van der Waals surface area contributed by atoms with Gasteiger partial charge in [-0.2, -0.15) is 0 Å². The van der Waals surface area contributed by atoms with Crippen LogP contribution in [-0.2, 0) is 16.1 Å². The molecule has 182 valence electrons. The number of thiocarbonyl (C=S) groups is 1. The molecule has 2 aromatic heterocycles. The second-order valence-corrected chi connectivity index (χ2v) is 9.21. The molecule has 2 fully saturated rings. The average molecular weight is 494 g/mol. The number of carbonyl (C=O) groups excluding carboxylic acids is 1. The van der Waals surface area contributed by atoms with E-state index in [2.05, 4.69) is 32.4 Å². The first-order valence-electron chi connectivity index (χ1n) is 11.9. The molecule has 35 heavy (non-hydrogen) atoms. The molecule has 2 saturated heterocycles. The number of aromatic nitrogens is 2. The number of pyridine rings is 1. The van der Waals surface area contributed by atoms with Crippen LogP contribution in [0, 0.1) is 5.82 Å². The molecule has 0 radical (unpaired) electrons. The molecule has 2 N–H and O–H groups in total. The van der Waals surface area contributed by atoms with E-state index in [4.69, 9.17) is 17.0 Å². The summed E-state index contributed by atoms with van der Waals surface area (Å²) in [5.41, 5.74) is 2.13. The normalized spacial score (nSPS) is 21.8. The minimum Gasteiger partial charge on any atom is -0.376 e. The molecular formula is C26H28FN5O2S. The molecule has 0 bridgehead atoms. The number of carbonyl (C=O) groups is 1. The van der Waals surface area contributed by atoms with E-state index in [1.165, 1.54) is 6.07 Å². The molecule has 0 unspecified atom stereocenters. The standard InChI is InChI=1S/C26H28FN5O2S/c27-19-8-1-2-9-20(19)29-23(33)12-15-32-25(24(30-26(32)35)21-10-3-4-13-28-21)22-11-5-14-31(22)17-18-7-6-16-34-18/h1-5,8-11,13-14,18,24-25H,6-7,12,15-17H2,(H,29,33)(H,30,35)/t18-,24-,25-/m1/s1. The Morgan fingerprint density at radius 1 is 1.20 bits per heavy atom. The van der Waals surface area contributed by atoms with E-state index in [0.717, 1.165) is 37.4 Å². The third-order valence-electron chi connectivity index (χ3n) is 6.52. The summed E-state index contributed by atoms with van der Waals surface area (Å²) in [4.78, 5) is 19.3. The molecule has 0 saturated carbocycles. The van der Waals surface area contributed by atoms with Crippen molar-refractivity contribution in [2.45, 2.75) is 44.0 Å². The third kappa shape index (κ3) is 5.21. The molecule has 0 aliphatic carbocycles. The topological polar surface area (TPSA) is 71.4 Å². The summed E-state index contributed by atoms with van der Waals surface area (Å²) in [7, 11) is 0. The molecule has 9 heteroatoms. The highest BCUT2D eigenvalue weighted by molar-refractivity contribution is 7.80. The predicted octanol–water partition coefficient (Wildman–Crippen LogP) is 4.20. The highest BCUT2D eigenvalue weighted by Gasteiger charge is 2.41. The van der Waals surface area contributed by atoms with Crippen molar-refractivity contribution in [1.29, 1.82) is 0 Å². The van der Waals surface area contributed by atoms with Crippen LogP contribution < -0.4 is 10.6 Å². The Balaban J connectivity index is 1.38. The molecule has 1 aromatic carbocycles. The highest BCUT2D eigenvalue weighted by Crippen LogP contribution is 2.39. The van der Waals surface area contributed by atoms with Crippen LogP contribution in [0.2, 0.25) is 0 Å². The molecule has 4 heterocycles. The number of rotatable bonds is 8. The molecule has 1 amide bonds. The fourth-order valence-corrected chi connectivity index (χ4v) is 5.17. The van der Waals surface area contributed by atoms with E-state index in [0.29, 0.717) is 11.7 Å². The number of hydrogen-bond donors (Lipinski definition) is 2. The SMILES string of the molecule is O=C(CCN1C(=S)N[C@H](c2ccccn2)[C@H]1c1cccn1C[C@H]1CCCO1)Nc1ccccc1F. The summed E-state index contributed by atoms with van der Waals surface area (Å²) in [6.45, 7) is 1.95. The lowest BCUT2D eigenvalue weighted by Gasteiger charge is -2.29. The summed E-state index contributed by atoms with van der Waals surface area (Å²) < 4.78 is 22.1. The van der Waals surface area contributed by atoms with Gasteiger partial charge in [0.1, 0.15) is 5.82 Å². The Kier molecular flexibility index (Phi) is 7.06. The fourth-order valence-electron chi connectivity index (χ4n) is 4.83. The number of amides is 1. The molecule has 3 aromatic rings. The summed E-state index contributed by atoms with van der Waals surface area (Å²) in [6.07, 6.45) is 6.31. The van der Waals surface area contributed by atoms with Gasteiger partial charge in [0, 0.05) is 44.2 Å². The van der Waals surface area contributed by atoms with Crippen LogP contribution in [0.3, 0.4) is 0 Å². The number of anilines is 1. The maximum atomic E-state index is 14.0. The average Bonchev–Trinajstić information content (AvgIpc) is 3.61. The second-order valence-electron chi connectivity index (χ2n) is 8.82. The Bertz CT molecular complexity index is 1180. The molecule has 7 nitrogen and oxygen atoms in total. The van der Waals surface area contributed by atoms with Gasteiger partial charge in [0.05, 0.1) is 29.6 Å². The van der Waals surface area contributed by atoms with E-state index in [9.17, 15) is 9.18 Å². The first-order chi connectivity index (χ1) is 17.1. The van der Waals surface area contributed by atoms with Gasteiger partial charge in [-0.3, -0.25) is 9.78 Å². The zero-order valence-electron chi connectivity index (χ0n) is 19.3. The lowest BCUT2D eigenvalue weighted by molar-refractivity contribution is -0.116. The molecule has 2 aliphatic heterocycles. The third-order valence-corrected chi connectivity index (χ3v) is 6.87. The maximum Gasteiger partial charge on any atom is 0.226 e. The minimum absolute atomic E-state index is 0.157. The molecule has 0 spiro atoms. The monoisotopic (exact) mass is 493 g/mol. The van der Waals surface area contributed by atoms with Gasteiger partial charge < -0.3 is 24.8 Å². The Morgan fingerprint density at radius 3 is 2.83 bits per heavy atom. The summed E-state index contributed by atoms with van der Waals surface area (Å²) in [6, 6.07) is 15.8. The lowest BCUT2D eigenvalue weighted by atomic mass is 10.0. The summed E-state index contributed by atoms with van der Waals surface area (Å²) in [5.74, 6) is -0.730. The van der Waals surface area contributed by atoms with Gasteiger partial charge in [-0.05, 0) is 61.5 Å². The number of nitrogens with one attached hydrogen (secondary N) is 2. The quantitative estimate of drug-likeness (QED) is 0.459. The first-order valence-corrected chi connectivity index (χ1v) is 12.3. The second kappa shape index (κ2) is 10.5. The molecule has 3 atom stereocenters. The zero-order chi connectivity index (χ0) is 24.2. The minimum atomic E-state index is -0.459. The summed E-state index contributed by atoms with van der Waals surface area (Å²) >= 11 is 5.72. The van der Waals surface area contributed by atoms with Gasteiger partial charge in [0.25, 0.3) is 0 Å². The van der Waals surface area contributed by atoms with E-state index in [1.54, 1.807) is 24.4 Å². The van der Waals surface area contributed by atoms with Crippen molar-refractivity contribution < 1.29 is 13.9 Å². The van der Waals surface area contributed by atoms with Crippen LogP contribution in [0.15, 0.2) is 67.0 Å². The van der Waals surface area contributed by atoms with Crippen molar-refractivity contribution >= 4 is 28.9 Å². The Morgan fingerprint density at radius 2 is 2.06 bits per heavy atom. The van der Waals surface area contributed by atoms with Crippen molar-refractivity contribution in [3.05, 3.63) is 84.2 Å². The van der Waals surface area contributed by atoms with Gasteiger partial charge >= 0.3 is 0 Å². The fraction of sp³-hybridized carbons (Fsp3) is 0.346. The van der Waals surface area contributed by atoms with E-state index >= 15 is 0 Å². The zero-order valence-corrected chi connectivity index (χ0v) is 20.1. The maximum absolute atomic E-state index is 14.0. The van der Waals surface area contributed by atoms with Crippen LogP contribution in [0.5, 0.6) is 0 Å². The van der Waals surface area contributed by atoms with Crippen LogP contribution in [-0.4, -0.2) is 44.7 Å². The van der Waals surface area contributed by atoms with Crippen LogP contribution in [0.4, 0.5) is 10.1 Å². The first kappa shape index (κ1) is 23.4. The van der Waals surface area contributed by atoms with Crippen LogP contribution in [0.1, 0.15) is 42.7 Å². The summed E-state index contributed by atoms with van der Waals surface area (Å²) in [5, 5.41) is 6.65. The number of hydrogen-bond acceptors (Lipinski definition) is 4. The van der Waals surface area contributed by atoms with Crippen molar-refractivity contribution in [2.75, 3.05) is 18.5 Å². The largest absolute Gasteiger partial charge is 0.376 e. The van der Waals surface area contributed by atoms with Crippen molar-refractivity contribution in [2.24, 2.45) is 0 Å². The van der Waals surface area contributed by atoms with E-state index in [1.807, 2.05) is 29.2 Å². The number of ether oxygens (including phenoxy) is 1. The van der Waals surface area contributed by atoms with Crippen LogP contribution in [0.25, 0.3) is 0 Å². The molecule has 5 rings (SSSR count). The number of nitrogens with zero attached hydrogens (tertiary/aromatic N) is 3. The number of halogens is 1. The Hall–Kier alpha value is -3.30. The van der Waals surface area contributed by atoms with Gasteiger partial charge in [-0.1, -0.05) is 18.2 Å². The van der Waals surface area contributed by atoms with Gasteiger partial charge in [-0.15, -0.1) is 0 Å². The lowest BCUT2D eigenvalue weighted by Crippen LogP contribution is -2.33. The van der Waals surface area contributed by atoms with Crippen molar-refractivity contribution in [3.63, 3.8) is 0 Å². The van der Waals surface area contributed by atoms with E-state index in [-0.39, 0.29) is 36.2 Å². The van der Waals surface area contributed by atoms with Gasteiger partial charge in [-0.25, -0.2) is 4.39 Å². The number of benzene rings is 1. The van der Waals surface area contributed by atoms with Crippen molar-refractivity contribution in [1.82, 2.24) is 19.8 Å². The predicted molar refractivity (Wildman–Crippen MR) is 135 cm³/mol. The van der Waals surface area contributed by atoms with Gasteiger partial charge in [0.2, 0.25) is 5.91 Å². The smallest absolute Gasteiger partial charge is 0.226 e. The highest BCUT2D eigenvalue weighted by atomic mass is 32.1. The number of para-hydroxylation sites is 1. The Labute approximate surface area is 209 Å². The van der Waals surface area contributed by atoms with Crippen LogP contribution >= 0.6 is 12.2 Å². The molecule has 2 aliphatic rings. The van der Waals surface area contributed by atoms with Crippen molar-refractivity contribution in [3.8, 4) is 0 Å². The van der Waals surface area contributed by atoms with E-state index < -0.39 is 5.82 Å². The van der Waals surface area contributed by atoms with Gasteiger partial charge in [0.15, 0.2) is 5.11 Å².